The van der Waals surface area contributed by atoms with Crippen molar-refractivity contribution < 1.29 is 0 Å². The lowest BCUT2D eigenvalue weighted by molar-refractivity contribution is 0.430. The van der Waals surface area contributed by atoms with E-state index in [2.05, 4.69) is 24.1 Å². The molecule has 2 nitrogen and oxygen atoms in total. The molecule has 0 unspecified atom stereocenters. The van der Waals surface area contributed by atoms with Crippen molar-refractivity contribution in [2.75, 3.05) is 18.9 Å². The Bertz CT molecular complexity index is 309. The number of benzene rings is 1. The van der Waals surface area contributed by atoms with Crippen molar-refractivity contribution in [3.05, 3.63) is 30.3 Å². The number of hydrogen-bond acceptors (Lipinski definition) is 1. The molecule has 0 saturated heterocycles. The van der Waals surface area contributed by atoms with Crippen molar-refractivity contribution in [1.29, 1.82) is 0 Å². The van der Waals surface area contributed by atoms with Crippen LogP contribution >= 0.6 is 12.2 Å². The highest BCUT2D eigenvalue weighted by atomic mass is 32.1. The van der Waals surface area contributed by atoms with Crippen LogP contribution < -0.4 is 5.32 Å². The van der Waals surface area contributed by atoms with E-state index in [9.17, 15) is 0 Å². The Morgan fingerprint density at radius 3 is 2.47 bits per heavy atom. The molecule has 1 rings (SSSR count). The molecule has 3 heteroatoms. The minimum Gasteiger partial charge on any atom is -0.352 e. The second-order valence-electron chi connectivity index (χ2n) is 4.07. The molecule has 0 radical (unpaired) electrons. The van der Waals surface area contributed by atoms with Crippen LogP contribution in [0.3, 0.4) is 0 Å². The second-order valence-corrected chi connectivity index (χ2v) is 4.46. The van der Waals surface area contributed by atoms with Crippen LogP contribution in [0.15, 0.2) is 30.3 Å². The zero-order valence-electron chi connectivity index (χ0n) is 9.53. The van der Waals surface area contributed by atoms with Gasteiger partial charge >= 0.3 is 0 Å². The summed E-state index contributed by atoms with van der Waals surface area (Å²) in [5.74, 6) is 0.616. The Labute approximate surface area is 97.3 Å². The SMILES string of the molecule is CC(C)CN(C)C(=S)Nc1ccccc1. The zero-order valence-corrected chi connectivity index (χ0v) is 10.3. The molecule has 0 amide bonds. The van der Waals surface area contributed by atoms with E-state index >= 15 is 0 Å². The molecule has 1 aromatic rings. The Morgan fingerprint density at radius 2 is 1.93 bits per heavy atom. The van der Waals surface area contributed by atoms with E-state index in [1.807, 2.05) is 37.4 Å². The summed E-state index contributed by atoms with van der Waals surface area (Å²) >= 11 is 5.29. The van der Waals surface area contributed by atoms with Crippen molar-refractivity contribution in [2.24, 2.45) is 5.92 Å². The standard InChI is InChI=1S/C12H18N2S/c1-10(2)9-14(3)12(15)13-11-7-5-4-6-8-11/h4-8,10H,9H2,1-3H3,(H,13,15). The lowest BCUT2D eigenvalue weighted by Gasteiger charge is -2.22. The Balaban J connectivity index is 2.49. The van der Waals surface area contributed by atoms with Crippen molar-refractivity contribution in [1.82, 2.24) is 4.90 Å². The molecule has 0 saturated carbocycles. The summed E-state index contributed by atoms with van der Waals surface area (Å²) < 4.78 is 0. The van der Waals surface area contributed by atoms with Crippen molar-refractivity contribution >= 4 is 23.0 Å². The van der Waals surface area contributed by atoms with Crippen LogP contribution in [0, 0.1) is 5.92 Å². The highest BCUT2D eigenvalue weighted by molar-refractivity contribution is 7.80. The molecule has 0 aliphatic carbocycles. The van der Waals surface area contributed by atoms with E-state index in [4.69, 9.17) is 12.2 Å². The Kier molecular flexibility index (Phi) is 4.56. The van der Waals surface area contributed by atoms with E-state index in [0.717, 1.165) is 17.3 Å². The van der Waals surface area contributed by atoms with Crippen LogP contribution in [-0.2, 0) is 0 Å². The van der Waals surface area contributed by atoms with Gasteiger partial charge < -0.3 is 10.2 Å². The summed E-state index contributed by atoms with van der Waals surface area (Å²) in [6, 6.07) is 10.00. The average molecular weight is 222 g/mol. The lowest BCUT2D eigenvalue weighted by atomic mass is 10.2. The molecule has 1 aromatic carbocycles. The van der Waals surface area contributed by atoms with E-state index in [1.165, 1.54) is 0 Å². The first-order valence-corrected chi connectivity index (χ1v) is 5.57. The molecule has 0 aliphatic heterocycles. The van der Waals surface area contributed by atoms with Crippen LogP contribution in [0.4, 0.5) is 5.69 Å². The first-order chi connectivity index (χ1) is 7.09. The number of anilines is 1. The fraction of sp³-hybridized carbons (Fsp3) is 0.417. The molecule has 0 spiro atoms. The number of thiocarbonyl (C=S) groups is 1. The molecule has 0 heterocycles. The van der Waals surface area contributed by atoms with Crippen LogP contribution in [-0.4, -0.2) is 23.6 Å². The van der Waals surface area contributed by atoms with E-state index < -0.39 is 0 Å². The van der Waals surface area contributed by atoms with Gasteiger partial charge in [-0.05, 0) is 30.3 Å². The van der Waals surface area contributed by atoms with E-state index in [-0.39, 0.29) is 0 Å². The normalized spacial score (nSPS) is 10.1. The minimum absolute atomic E-state index is 0.616. The molecule has 0 fully saturated rings. The number of nitrogens with zero attached hydrogens (tertiary/aromatic N) is 1. The summed E-state index contributed by atoms with van der Waals surface area (Å²) in [6.07, 6.45) is 0. The number of hydrogen-bond donors (Lipinski definition) is 1. The average Bonchev–Trinajstić information content (AvgIpc) is 2.18. The maximum Gasteiger partial charge on any atom is 0.173 e. The molecule has 1 N–H and O–H groups in total. The molecule has 0 atom stereocenters. The van der Waals surface area contributed by atoms with Gasteiger partial charge in [-0.2, -0.15) is 0 Å². The fourth-order valence-corrected chi connectivity index (χ4v) is 1.56. The second kappa shape index (κ2) is 5.71. The van der Waals surface area contributed by atoms with Gasteiger partial charge in [-0.1, -0.05) is 32.0 Å². The summed E-state index contributed by atoms with van der Waals surface area (Å²) in [7, 11) is 2.01. The van der Waals surface area contributed by atoms with E-state index in [1.54, 1.807) is 0 Å². The van der Waals surface area contributed by atoms with Gasteiger partial charge in [0.15, 0.2) is 5.11 Å². The Morgan fingerprint density at radius 1 is 1.33 bits per heavy atom. The van der Waals surface area contributed by atoms with Crippen LogP contribution in [0.2, 0.25) is 0 Å². The number of rotatable bonds is 3. The molecule has 0 bridgehead atoms. The quantitative estimate of drug-likeness (QED) is 0.792. The van der Waals surface area contributed by atoms with Crippen LogP contribution in [0.25, 0.3) is 0 Å². The maximum atomic E-state index is 5.29. The van der Waals surface area contributed by atoms with Crippen molar-refractivity contribution in [2.45, 2.75) is 13.8 Å². The summed E-state index contributed by atoms with van der Waals surface area (Å²) in [5, 5.41) is 3.98. The molecule has 82 valence electrons. The van der Waals surface area contributed by atoms with Gasteiger partial charge in [0.1, 0.15) is 0 Å². The van der Waals surface area contributed by atoms with Gasteiger partial charge in [-0.15, -0.1) is 0 Å². The predicted molar refractivity (Wildman–Crippen MR) is 70.1 cm³/mol. The fourth-order valence-electron chi connectivity index (χ4n) is 1.37. The Hall–Kier alpha value is -1.09. The number of nitrogens with one attached hydrogen (secondary N) is 1. The van der Waals surface area contributed by atoms with Crippen molar-refractivity contribution in [3.63, 3.8) is 0 Å². The third-order valence-electron chi connectivity index (χ3n) is 2.01. The summed E-state index contributed by atoms with van der Waals surface area (Å²) in [5.41, 5.74) is 1.04. The molecular weight excluding hydrogens is 204 g/mol. The number of para-hydroxylation sites is 1. The predicted octanol–water partition coefficient (Wildman–Crippen LogP) is 2.97. The van der Waals surface area contributed by atoms with Gasteiger partial charge in [-0.25, -0.2) is 0 Å². The van der Waals surface area contributed by atoms with E-state index in [0.29, 0.717) is 5.92 Å². The lowest BCUT2D eigenvalue weighted by Crippen LogP contribution is -2.33. The van der Waals surface area contributed by atoms with Gasteiger partial charge in [0.25, 0.3) is 0 Å². The topological polar surface area (TPSA) is 15.3 Å². The monoisotopic (exact) mass is 222 g/mol. The molecule has 0 aliphatic rings. The third-order valence-corrected chi connectivity index (χ3v) is 2.42. The van der Waals surface area contributed by atoms with Gasteiger partial charge in [0.2, 0.25) is 0 Å². The largest absolute Gasteiger partial charge is 0.352 e. The van der Waals surface area contributed by atoms with Gasteiger partial charge in [0, 0.05) is 19.3 Å². The zero-order chi connectivity index (χ0) is 11.3. The molecule has 15 heavy (non-hydrogen) atoms. The summed E-state index contributed by atoms with van der Waals surface area (Å²) in [4.78, 5) is 2.06. The molecule has 0 aromatic heterocycles. The highest BCUT2D eigenvalue weighted by Crippen LogP contribution is 2.07. The minimum atomic E-state index is 0.616. The van der Waals surface area contributed by atoms with Crippen LogP contribution in [0.5, 0.6) is 0 Å². The van der Waals surface area contributed by atoms with Gasteiger partial charge in [0.05, 0.1) is 0 Å². The first kappa shape index (κ1) is 12.0. The summed E-state index contributed by atoms with van der Waals surface area (Å²) in [6.45, 7) is 5.34. The van der Waals surface area contributed by atoms with Crippen molar-refractivity contribution in [3.8, 4) is 0 Å². The van der Waals surface area contributed by atoms with Gasteiger partial charge in [-0.3, -0.25) is 0 Å². The third kappa shape index (κ3) is 4.30. The van der Waals surface area contributed by atoms with Crippen LogP contribution in [0.1, 0.15) is 13.8 Å². The maximum absolute atomic E-state index is 5.29. The highest BCUT2D eigenvalue weighted by Gasteiger charge is 2.05. The first-order valence-electron chi connectivity index (χ1n) is 5.16. The molecular formula is C12H18N2S. The smallest absolute Gasteiger partial charge is 0.173 e.